The molecule has 2 aromatic heterocycles. The van der Waals surface area contributed by atoms with E-state index < -0.39 is 0 Å². The molecule has 0 aliphatic heterocycles. The highest BCUT2D eigenvalue weighted by molar-refractivity contribution is 7.12. The van der Waals surface area contributed by atoms with Gasteiger partial charge in [0.2, 0.25) is 0 Å². The van der Waals surface area contributed by atoms with Crippen LogP contribution in [0.2, 0.25) is 5.02 Å². The van der Waals surface area contributed by atoms with E-state index >= 15 is 0 Å². The van der Waals surface area contributed by atoms with Crippen LogP contribution in [0.3, 0.4) is 0 Å². The van der Waals surface area contributed by atoms with Gasteiger partial charge in [0.05, 0.1) is 16.1 Å². The van der Waals surface area contributed by atoms with Gasteiger partial charge in [-0.25, -0.2) is 0 Å². The normalized spacial score (nSPS) is 10.6. The predicted molar refractivity (Wildman–Crippen MR) is 79.0 cm³/mol. The van der Waals surface area contributed by atoms with Gasteiger partial charge in [-0.15, -0.1) is 11.3 Å². The Labute approximate surface area is 118 Å². The number of carbonyl (C=O) groups is 1. The average molecular weight is 289 g/mol. The van der Waals surface area contributed by atoms with Gasteiger partial charge in [0.1, 0.15) is 0 Å². The van der Waals surface area contributed by atoms with Crippen LogP contribution in [0.15, 0.2) is 48.0 Å². The Bertz CT molecular complexity index is 740. The minimum atomic E-state index is -0.123. The lowest BCUT2D eigenvalue weighted by molar-refractivity contribution is 0.103. The number of hydrogen-bond acceptors (Lipinski definition) is 3. The Balaban J connectivity index is 2.01. The fraction of sp³-hybridized carbons (Fsp3) is 0. The molecule has 0 aliphatic rings. The Morgan fingerprint density at radius 1 is 1.26 bits per heavy atom. The molecule has 0 saturated carbocycles. The minimum Gasteiger partial charge on any atom is -0.321 e. The van der Waals surface area contributed by atoms with Crippen LogP contribution in [0.25, 0.3) is 10.9 Å². The zero-order chi connectivity index (χ0) is 13.2. The lowest BCUT2D eigenvalue weighted by Gasteiger charge is -2.07. The lowest BCUT2D eigenvalue weighted by atomic mass is 10.2. The van der Waals surface area contributed by atoms with E-state index in [-0.39, 0.29) is 5.91 Å². The first-order chi connectivity index (χ1) is 9.24. The van der Waals surface area contributed by atoms with Gasteiger partial charge < -0.3 is 5.32 Å². The van der Waals surface area contributed by atoms with E-state index in [9.17, 15) is 4.79 Å². The summed E-state index contributed by atoms with van der Waals surface area (Å²) in [6, 6.07) is 10.8. The van der Waals surface area contributed by atoms with E-state index in [4.69, 9.17) is 11.6 Å². The minimum absolute atomic E-state index is 0.123. The van der Waals surface area contributed by atoms with Crippen LogP contribution in [0.5, 0.6) is 0 Å². The Morgan fingerprint density at radius 3 is 2.95 bits per heavy atom. The molecule has 0 aliphatic carbocycles. The molecule has 3 nitrogen and oxygen atoms in total. The van der Waals surface area contributed by atoms with E-state index in [1.54, 1.807) is 30.5 Å². The molecule has 0 spiro atoms. The molecular formula is C14H9ClN2OS. The Morgan fingerprint density at radius 2 is 2.16 bits per heavy atom. The van der Waals surface area contributed by atoms with E-state index in [1.807, 2.05) is 17.5 Å². The number of pyridine rings is 1. The summed E-state index contributed by atoms with van der Waals surface area (Å²) in [5, 5.41) is 6.21. The molecule has 19 heavy (non-hydrogen) atoms. The monoisotopic (exact) mass is 288 g/mol. The maximum Gasteiger partial charge on any atom is 0.265 e. The number of fused-ring (bicyclic) bond motifs is 1. The summed E-state index contributed by atoms with van der Waals surface area (Å²) >= 11 is 7.39. The zero-order valence-corrected chi connectivity index (χ0v) is 11.3. The molecule has 1 N–H and O–H groups in total. The summed E-state index contributed by atoms with van der Waals surface area (Å²) in [7, 11) is 0. The standard InChI is InChI=1S/C14H9ClN2OS/c15-9-3-4-11-10(8-9)12(5-6-16-11)17-14(18)13-2-1-7-19-13/h1-8H,(H,16,17,18). The summed E-state index contributed by atoms with van der Waals surface area (Å²) < 4.78 is 0. The number of halogens is 1. The third-order valence-corrected chi connectivity index (χ3v) is 3.80. The predicted octanol–water partition coefficient (Wildman–Crippen LogP) is 4.20. The van der Waals surface area contributed by atoms with Crippen LogP contribution < -0.4 is 5.32 Å². The fourth-order valence-corrected chi connectivity index (χ4v) is 2.61. The maximum atomic E-state index is 12.0. The van der Waals surface area contributed by atoms with Crippen molar-refractivity contribution in [3.8, 4) is 0 Å². The number of aromatic nitrogens is 1. The molecule has 94 valence electrons. The van der Waals surface area contributed by atoms with Crippen LogP contribution in [0.1, 0.15) is 9.67 Å². The number of thiophene rings is 1. The number of anilines is 1. The molecule has 0 atom stereocenters. The second-order valence-corrected chi connectivity index (χ2v) is 5.34. The van der Waals surface area contributed by atoms with Crippen molar-refractivity contribution in [2.45, 2.75) is 0 Å². The molecule has 0 unspecified atom stereocenters. The van der Waals surface area contributed by atoms with Crippen molar-refractivity contribution < 1.29 is 4.79 Å². The molecule has 0 fully saturated rings. The highest BCUT2D eigenvalue weighted by atomic mass is 35.5. The van der Waals surface area contributed by atoms with E-state index in [1.165, 1.54) is 11.3 Å². The molecule has 3 aromatic rings. The lowest BCUT2D eigenvalue weighted by Crippen LogP contribution is -2.10. The van der Waals surface area contributed by atoms with Crippen molar-refractivity contribution in [1.29, 1.82) is 0 Å². The largest absolute Gasteiger partial charge is 0.321 e. The van der Waals surface area contributed by atoms with Gasteiger partial charge in [0, 0.05) is 16.6 Å². The molecule has 5 heteroatoms. The molecule has 1 aromatic carbocycles. The molecule has 2 heterocycles. The first-order valence-electron chi connectivity index (χ1n) is 5.63. The van der Waals surface area contributed by atoms with Gasteiger partial charge in [0.15, 0.2) is 0 Å². The summed E-state index contributed by atoms with van der Waals surface area (Å²) in [5.74, 6) is -0.123. The summed E-state index contributed by atoms with van der Waals surface area (Å²) in [6.07, 6.45) is 1.67. The second kappa shape index (κ2) is 4.99. The van der Waals surface area contributed by atoms with Crippen LogP contribution >= 0.6 is 22.9 Å². The van der Waals surface area contributed by atoms with Crippen LogP contribution in [-0.4, -0.2) is 10.9 Å². The van der Waals surface area contributed by atoms with Crippen molar-refractivity contribution in [2.24, 2.45) is 0 Å². The quantitative estimate of drug-likeness (QED) is 0.768. The number of nitrogens with zero attached hydrogens (tertiary/aromatic N) is 1. The first-order valence-corrected chi connectivity index (χ1v) is 6.89. The van der Waals surface area contributed by atoms with Gasteiger partial charge in [-0.1, -0.05) is 17.7 Å². The van der Waals surface area contributed by atoms with E-state index in [2.05, 4.69) is 10.3 Å². The number of amides is 1. The number of hydrogen-bond donors (Lipinski definition) is 1. The topological polar surface area (TPSA) is 42.0 Å². The summed E-state index contributed by atoms with van der Waals surface area (Å²) in [4.78, 5) is 17.0. The van der Waals surface area contributed by atoms with Crippen LogP contribution in [-0.2, 0) is 0 Å². The molecule has 0 radical (unpaired) electrons. The third kappa shape index (κ3) is 2.45. The third-order valence-electron chi connectivity index (χ3n) is 2.70. The molecule has 1 amide bonds. The highest BCUT2D eigenvalue weighted by Crippen LogP contribution is 2.25. The Kier molecular flexibility index (Phi) is 3.19. The van der Waals surface area contributed by atoms with Crippen LogP contribution in [0.4, 0.5) is 5.69 Å². The van der Waals surface area contributed by atoms with Crippen molar-refractivity contribution in [1.82, 2.24) is 4.98 Å². The van der Waals surface area contributed by atoms with Crippen molar-refractivity contribution >= 4 is 45.4 Å². The number of rotatable bonds is 2. The van der Waals surface area contributed by atoms with Crippen molar-refractivity contribution in [3.05, 3.63) is 57.9 Å². The van der Waals surface area contributed by atoms with Gasteiger partial charge in [-0.05, 0) is 35.7 Å². The second-order valence-electron chi connectivity index (χ2n) is 3.95. The number of benzene rings is 1. The molecule has 0 saturated heterocycles. The maximum absolute atomic E-state index is 12.0. The van der Waals surface area contributed by atoms with Gasteiger partial charge >= 0.3 is 0 Å². The SMILES string of the molecule is O=C(Nc1ccnc2ccc(Cl)cc12)c1cccs1. The smallest absolute Gasteiger partial charge is 0.265 e. The van der Waals surface area contributed by atoms with Gasteiger partial charge in [-0.2, -0.15) is 0 Å². The van der Waals surface area contributed by atoms with Crippen molar-refractivity contribution in [3.63, 3.8) is 0 Å². The Hall–Kier alpha value is -1.91. The van der Waals surface area contributed by atoms with Crippen molar-refractivity contribution in [2.75, 3.05) is 5.32 Å². The zero-order valence-electron chi connectivity index (χ0n) is 9.76. The van der Waals surface area contributed by atoms with Crippen LogP contribution in [0, 0.1) is 0 Å². The number of carbonyl (C=O) groups excluding carboxylic acids is 1. The summed E-state index contributed by atoms with van der Waals surface area (Å²) in [5.41, 5.74) is 1.51. The molecule has 0 bridgehead atoms. The number of nitrogens with one attached hydrogen (secondary N) is 1. The molecular weight excluding hydrogens is 280 g/mol. The van der Waals surface area contributed by atoms with E-state index in [0.717, 1.165) is 10.9 Å². The molecule has 3 rings (SSSR count). The van der Waals surface area contributed by atoms with Gasteiger partial charge in [-0.3, -0.25) is 9.78 Å². The highest BCUT2D eigenvalue weighted by Gasteiger charge is 2.09. The fourth-order valence-electron chi connectivity index (χ4n) is 1.82. The first kappa shape index (κ1) is 12.1. The summed E-state index contributed by atoms with van der Waals surface area (Å²) in [6.45, 7) is 0. The van der Waals surface area contributed by atoms with E-state index in [0.29, 0.717) is 15.6 Å². The average Bonchev–Trinajstić information content (AvgIpc) is 2.93. The van der Waals surface area contributed by atoms with Gasteiger partial charge in [0.25, 0.3) is 5.91 Å².